The highest BCUT2D eigenvalue weighted by Crippen LogP contribution is 2.30. The number of pyridine rings is 1. The largest absolute Gasteiger partial charge is 0.437 e. The molecule has 0 saturated carbocycles. The monoisotopic (exact) mass is 455 g/mol. The zero-order valence-electron chi connectivity index (χ0n) is 17.4. The van der Waals surface area contributed by atoms with E-state index in [0.29, 0.717) is 11.4 Å². The van der Waals surface area contributed by atoms with Crippen molar-refractivity contribution in [1.82, 2.24) is 30.0 Å². The fraction of sp³-hybridized carbons (Fsp3) is 0.250. The minimum atomic E-state index is -3.93. The summed E-state index contributed by atoms with van der Waals surface area (Å²) in [7, 11) is -0.791. The SMILES string of the molecule is CNC(=O)c1ccc(Oc2cc(C3=CCCC3)nc(NS(=O)(=O)c3cnn(C)c3)n2)cn1. The molecule has 4 rings (SSSR count). The first-order chi connectivity index (χ1) is 15.3. The van der Waals surface area contributed by atoms with E-state index in [4.69, 9.17) is 4.74 Å². The molecule has 3 heterocycles. The average Bonchev–Trinajstić information content (AvgIpc) is 3.45. The second-order valence-electron chi connectivity index (χ2n) is 7.05. The molecule has 1 aliphatic carbocycles. The summed E-state index contributed by atoms with van der Waals surface area (Å²) in [4.78, 5) is 24.3. The van der Waals surface area contributed by atoms with Crippen LogP contribution in [0.1, 0.15) is 35.4 Å². The molecule has 0 radical (unpaired) electrons. The Morgan fingerprint density at radius 2 is 2.06 bits per heavy atom. The van der Waals surface area contributed by atoms with Crippen molar-refractivity contribution < 1.29 is 17.9 Å². The standard InChI is InChI=1S/C20H21N7O4S/c1-21-19(28)16-8-7-14(10-22-16)31-18-9-17(13-5-3-4-6-13)24-20(25-18)26-32(29,30)15-11-23-27(2)12-15/h5,7-12H,3-4,6H2,1-2H3,(H,21,28)(H,24,25,26). The Kier molecular flexibility index (Phi) is 5.86. The smallest absolute Gasteiger partial charge is 0.269 e. The molecule has 0 atom stereocenters. The van der Waals surface area contributed by atoms with Gasteiger partial charge in [0.25, 0.3) is 15.9 Å². The van der Waals surface area contributed by atoms with Crippen LogP contribution in [0.4, 0.5) is 5.95 Å². The molecule has 166 valence electrons. The van der Waals surface area contributed by atoms with E-state index in [1.165, 1.54) is 36.4 Å². The van der Waals surface area contributed by atoms with Crippen LogP contribution in [0, 0.1) is 0 Å². The molecule has 3 aromatic rings. The van der Waals surface area contributed by atoms with Crippen molar-refractivity contribution in [3.63, 3.8) is 0 Å². The Morgan fingerprint density at radius 3 is 2.69 bits per heavy atom. The second kappa shape index (κ2) is 8.75. The number of rotatable bonds is 7. The van der Waals surface area contributed by atoms with E-state index in [-0.39, 0.29) is 28.3 Å². The summed E-state index contributed by atoms with van der Waals surface area (Å²) in [6.45, 7) is 0. The van der Waals surface area contributed by atoms with Gasteiger partial charge in [-0.3, -0.25) is 9.48 Å². The molecule has 0 saturated heterocycles. The summed E-state index contributed by atoms with van der Waals surface area (Å²) in [5.74, 6) is 0.0372. The maximum Gasteiger partial charge on any atom is 0.269 e. The van der Waals surface area contributed by atoms with Gasteiger partial charge in [-0.15, -0.1) is 0 Å². The number of hydrogen-bond donors (Lipinski definition) is 2. The third-order valence-electron chi connectivity index (χ3n) is 4.71. The van der Waals surface area contributed by atoms with Crippen LogP contribution in [0.3, 0.4) is 0 Å². The zero-order chi connectivity index (χ0) is 22.7. The lowest BCUT2D eigenvalue weighted by Gasteiger charge is -2.11. The Morgan fingerprint density at radius 1 is 1.22 bits per heavy atom. The zero-order valence-corrected chi connectivity index (χ0v) is 18.3. The summed E-state index contributed by atoms with van der Waals surface area (Å²) in [5.41, 5.74) is 1.81. The lowest BCUT2D eigenvalue weighted by Crippen LogP contribution is -2.18. The summed E-state index contributed by atoms with van der Waals surface area (Å²) >= 11 is 0. The topological polar surface area (TPSA) is 141 Å². The molecule has 0 spiro atoms. The molecule has 2 N–H and O–H groups in total. The molecule has 11 nitrogen and oxygen atoms in total. The van der Waals surface area contributed by atoms with Gasteiger partial charge in [0.05, 0.1) is 18.1 Å². The fourth-order valence-corrected chi connectivity index (χ4v) is 4.06. The van der Waals surface area contributed by atoms with Crippen LogP contribution in [0.2, 0.25) is 0 Å². The Hall–Kier alpha value is -3.80. The number of anilines is 1. The van der Waals surface area contributed by atoms with Gasteiger partial charge < -0.3 is 10.1 Å². The quantitative estimate of drug-likeness (QED) is 0.552. The minimum absolute atomic E-state index is 0.00876. The predicted molar refractivity (Wildman–Crippen MR) is 116 cm³/mol. The number of nitrogens with one attached hydrogen (secondary N) is 2. The minimum Gasteiger partial charge on any atom is -0.437 e. The lowest BCUT2D eigenvalue weighted by molar-refractivity contribution is 0.0958. The first-order valence-corrected chi connectivity index (χ1v) is 11.3. The summed E-state index contributed by atoms with van der Waals surface area (Å²) in [6, 6.07) is 4.74. The maximum atomic E-state index is 12.7. The van der Waals surface area contributed by atoms with E-state index in [9.17, 15) is 13.2 Å². The molecule has 32 heavy (non-hydrogen) atoms. The molecular formula is C20H21N7O4S. The number of allylic oxidation sites excluding steroid dienone is 2. The molecular weight excluding hydrogens is 434 g/mol. The highest BCUT2D eigenvalue weighted by Gasteiger charge is 2.20. The molecule has 1 aliphatic rings. The molecule has 0 aliphatic heterocycles. The molecule has 0 aromatic carbocycles. The van der Waals surface area contributed by atoms with Crippen LogP contribution in [0.15, 0.2) is 47.8 Å². The fourth-order valence-electron chi connectivity index (χ4n) is 3.13. The summed E-state index contributed by atoms with van der Waals surface area (Å²) in [5, 5.41) is 6.38. The third-order valence-corrected chi connectivity index (χ3v) is 5.99. The molecule has 0 fully saturated rings. The van der Waals surface area contributed by atoms with Crippen LogP contribution in [0.5, 0.6) is 11.6 Å². The highest BCUT2D eigenvalue weighted by atomic mass is 32.2. The van der Waals surface area contributed by atoms with Crippen molar-refractivity contribution in [2.24, 2.45) is 7.05 Å². The van der Waals surface area contributed by atoms with Crippen LogP contribution < -0.4 is 14.8 Å². The van der Waals surface area contributed by atoms with E-state index < -0.39 is 10.0 Å². The molecule has 0 unspecified atom stereocenters. The lowest BCUT2D eigenvalue weighted by atomic mass is 10.1. The number of aryl methyl sites for hydroxylation is 1. The molecule has 0 bridgehead atoms. The van der Waals surface area contributed by atoms with Crippen molar-refractivity contribution in [3.8, 4) is 11.6 Å². The summed E-state index contributed by atoms with van der Waals surface area (Å²) in [6.07, 6.45) is 8.82. The van der Waals surface area contributed by atoms with E-state index >= 15 is 0 Å². The van der Waals surface area contributed by atoms with Gasteiger partial charge in [0.2, 0.25) is 11.8 Å². The molecule has 3 aromatic heterocycles. The average molecular weight is 456 g/mol. The van der Waals surface area contributed by atoms with Crippen molar-refractivity contribution >= 4 is 27.5 Å². The van der Waals surface area contributed by atoms with Gasteiger partial charge in [-0.1, -0.05) is 6.08 Å². The van der Waals surface area contributed by atoms with Gasteiger partial charge in [0.15, 0.2) is 0 Å². The van der Waals surface area contributed by atoms with Gasteiger partial charge in [-0.25, -0.2) is 23.1 Å². The van der Waals surface area contributed by atoms with Crippen molar-refractivity contribution in [2.75, 3.05) is 11.8 Å². The number of aromatic nitrogens is 5. The van der Waals surface area contributed by atoms with Crippen molar-refractivity contribution in [1.29, 1.82) is 0 Å². The number of carbonyl (C=O) groups excluding carboxylic acids is 1. The Labute approximate surface area is 184 Å². The predicted octanol–water partition coefficient (Wildman–Crippen LogP) is 2.13. The van der Waals surface area contributed by atoms with E-state index in [2.05, 4.69) is 36.2 Å². The van der Waals surface area contributed by atoms with Gasteiger partial charge in [-0.2, -0.15) is 10.1 Å². The number of amides is 1. The Bertz CT molecular complexity index is 1280. The number of sulfonamides is 1. The van der Waals surface area contributed by atoms with E-state index in [1.807, 2.05) is 0 Å². The second-order valence-corrected chi connectivity index (χ2v) is 8.73. The number of hydrogen-bond acceptors (Lipinski definition) is 8. The first kappa shape index (κ1) is 21.4. The van der Waals surface area contributed by atoms with Gasteiger partial charge >= 0.3 is 0 Å². The van der Waals surface area contributed by atoms with E-state index in [1.54, 1.807) is 19.2 Å². The van der Waals surface area contributed by atoms with Gasteiger partial charge in [0, 0.05) is 26.4 Å². The summed E-state index contributed by atoms with van der Waals surface area (Å²) < 4.78 is 35.0. The molecule has 1 amide bonds. The maximum absolute atomic E-state index is 12.7. The number of ether oxygens (including phenoxy) is 1. The number of carbonyl (C=O) groups is 1. The van der Waals surface area contributed by atoms with Crippen molar-refractivity contribution in [2.45, 2.75) is 24.2 Å². The van der Waals surface area contributed by atoms with E-state index in [0.717, 1.165) is 24.8 Å². The van der Waals surface area contributed by atoms with Gasteiger partial charge in [0.1, 0.15) is 16.3 Å². The van der Waals surface area contributed by atoms with Crippen LogP contribution in [-0.2, 0) is 17.1 Å². The third kappa shape index (κ3) is 4.75. The molecule has 12 heteroatoms. The van der Waals surface area contributed by atoms with Crippen LogP contribution in [0.25, 0.3) is 5.57 Å². The normalized spacial score (nSPS) is 13.5. The van der Waals surface area contributed by atoms with Gasteiger partial charge in [-0.05, 0) is 37.0 Å². The van der Waals surface area contributed by atoms with Crippen LogP contribution >= 0.6 is 0 Å². The Balaban J connectivity index is 1.64. The van der Waals surface area contributed by atoms with Crippen LogP contribution in [-0.4, -0.2) is 46.1 Å². The highest BCUT2D eigenvalue weighted by molar-refractivity contribution is 7.92. The first-order valence-electron chi connectivity index (χ1n) is 9.80. The van der Waals surface area contributed by atoms with Crippen molar-refractivity contribution in [3.05, 3.63) is 54.3 Å². The number of nitrogens with zero attached hydrogens (tertiary/aromatic N) is 5.